The molecule has 2 N–H and O–H groups in total. The Labute approximate surface area is 167 Å². The Morgan fingerprint density at radius 1 is 1.21 bits per heavy atom. The van der Waals surface area contributed by atoms with Crippen LogP contribution in [0.4, 0.5) is 5.69 Å². The number of nitrogens with zero attached hydrogens (tertiary/aromatic N) is 2. The van der Waals surface area contributed by atoms with Gasteiger partial charge in [-0.3, -0.25) is 9.59 Å². The van der Waals surface area contributed by atoms with Crippen LogP contribution in [0.1, 0.15) is 35.3 Å². The van der Waals surface area contributed by atoms with E-state index in [0.29, 0.717) is 10.6 Å². The summed E-state index contributed by atoms with van der Waals surface area (Å²) in [5.74, 6) is 0.627. The molecule has 2 amide bonds. The SMILES string of the molecule is CC(NC(=O)c1cccs1)C(=O)Nc1cccc(-c2cn3c(n2)CCCC3)c1. The van der Waals surface area contributed by atoms with E-state index >= 15 is 0 Å². The van der Waals surface area contributed by atoms with Crippen LogP contribution in [0.25, 0.3) is 11.3 Å². The summed E-state index contributed by atoms with van der Waals surface area (Å²) in [4.78, 5) is 29.9. The molecule has 28 heavy (non-hydrogen) atoms. The van der Waals surface area contributed by atoms with Crippen LogP contribution < -0.4 is 10.6 Å². The lowest BCUT2D eigenvalue weighted by Crippen LogP contribution is -2.41. The number of carbonyl (C=O) groups is 2. The van der Waals surface area contributed by atoms with Gasteiger partial charge in [-0.05, 0) is 43.3 Å². The average Bonchev–Trinajstić information content (AvgIpc) is 3.38. The Morgan fingerprint density at radius 2 is 2.11 bits per heavy atom. The highest BCUT2D eigenvalue weighted by Gasteiger charge is 2.18. The molecule has 0 spiro atoms. The topological polar surface area (TPSA) is 76.0 Å². The summed E-state index contributed by atoms with van der Waals surface area (Å²) in [5.41, 5.74) is 2.58. The third-order valence-corrected chi connectivity index (χ3v) is 5.69. The van der Waals surface area contributed by atoms with Crippen LogP contribution in [0.2, 0.25) is 0 Å². The van der Waals surface area contributed by atoms with Crippen molar-refractivity contribution in [3.05, 3.63) is 58.7 Å². The molecule has 0 saturated carbocycles. The molecule has 1 unspecified atom stereocenters. The monoisotopic (exact) mass is 394 g/mol. The molecule has 4 rings (SSSR count). The van der Waals surface area contributed by atoms with Crippen LogP contribution >= 0.6 is 11.3 Å². The summed E-state index contributed by atoms with van der Waals surface area (Å²) in [6.45, 7) is 2.69. The number of thiophene rings is 1. The van der Waals surface area contributed by atoms with Crippen molar-refractivity contribution in [2.45, 2.75) is 38.8 Å². The molecule has 144 valence electrons. The number of nitrogens with one attached hydrogen (secondary N) is 2. The van der Waals surface area contributed by atoms with Gasteiger partial charge in [-0.1, -0.05) is 18.2 Å². The van der Waals surface area contributed by atoms with Gasteiger partial charge < -0.3 is 15.2 Å². The van der Waals surface area contributed by atoms with E-state index in [1.54, 1.807) is 13.0 Å². The van der Waals surface area contributed by atoms with E-state index in [4.69, 9.17) is 4.98 Å². The molecule has 0 radical (unpaired) electrons. The van der Waals surface area contributed by atoms with Gasteiger partial charge in [0.05, 0.1) is 10.6 Å². The van der Waals surface area contributed by atoms with Gasteiger partial charge in [0.25, 0.3) is 5.91 Å². The predicted molar refractivity (Wildman–Crippen MR) is 110 cm³/mol. The standard InChI is InChI=1S/C21H22N4O2S/c1-14(22-21(27)18-8-5-11-28-18)20(26)23-16-7-4-6-15(12-16)17-13-25-10-3-2-9-19(25)24-17/h4-8,11-14H,2-3,9-10H2,1H3,(H,22,27)(H,23,26). The van der Waals surface area contributed by atoms with E-state index in [1.807, 2.05) is 35.7 Å². The zero-order chi connectivity index (χ0) is 19.5. The van der Waals surface area contributed by atoms with Gasteiger partial charge in [-0.25, -0.2) is 4.98 Å². The lowest BCUT2D eigenvalue weighted by Gasteiger charge is -2.14. The quantitative estimate of drug-likeness (QED) is 0.693. The van der Waals surface area contributed by atoms with Gasteiger partial charge in [0.15, 0.2) is 0 Å². The number of amides is 2. The molecule has 2 aromatic heterocycles. The fraction of sp³-hybridized carbons (Fsp3) is 0.286. The highest BCUT2D eigenvalue weighted by atomic mass is 32.1. The van der Waals surface area contributed by atoms with Crippen molar-refractivity contribution in [1.82, 2.24) is 14.9 Å². The first-order valence-corrected chi connectivity index (χ1v) is 10.3. The van der Waals surface area contributed by atoms with Crippen molar-refractivity contribution >= 4 is 28.8 Å². The molecule has 0 saturated heterocycles. The van der Waals surface area contributed by atoms with E-state index in [0.717, 1.165) is 30.0 Å². The Hall–Kier alpha value is -2.93. The Bertz CT molecular complexity index is 970. The maximum atomic E-state index is 12.5. The maximum Gasteiger partial charge on any atom is 0.261 e. The second-order valence-electron chi connectivity index (χ2n) is 6.94. The van der Waals surface area contributed by atoms with Crippen molar-refractivity contribution in [1.29, 1.82) is 0 Å². The zero-order valence-corrected chi connectivity index (χ0v) is 16.5. The second-order valence-corrected chi connectivity index (χ2v) is 7.88. The van der Waals surface area contributed by atoms with Crippen LogP contribution in [0, 0.1) is 0 Å². The summed E-state index contributed by atoms with van der Waals surface area (Å²) in [6.07, 6.45) is 5.47. The number of aromatic nitrogens is 2. The molecule has 6 nitrogen and oxygen atoms in total. The van der Waals surface area contributed by atoms with Crippen molar-refractivity contribution in [3.63, 3.8) is 0 Å². The second kappa shape index (κ2) is 7.98. The number of hydrogen-bond acceptors (Lipinski definition) is 4. The number of benzene rings is 1. The number of hydrogen-bond donors (Lipinski definition) is 2. The fourth-order valence-corrected chi connectivity index (χ4v) is 3.93. The van der Waals surface area contributed by atoms with Gasteiger partial charge >= 0.3 is 0 Å². The number of aryl methyl sites for hydroxylation is 2. The van der Waals surface area contributed by atoms with Gasteiger partial charge in [0.1, 0.15) is 11.9 Å². The summed E-state index contributed by atoms with van der Waals surface area (Å²) in [7, 11) is 0. The normalized spacial score (nSPS) is 14.2. The summed E-state index contributed by atoms with van der Waals surface area (Å²) < 4.78 is 2.21. The molecule has 3 heterocycles. The largest absolute Gasteiger partial charge is 0.340 e. The van der Waals surface area contributed by atoms with E-state index < -0.39 is 6.04 Å². The Morgan fingerprint density at radius 3 is 2.89 bits per heavy atom. The Kier molecular flexibility index (Phi) is 5.25. The Balaban J connectivity index is 1.43. The minimum absolute atomic E-state index is 0.241. The number of rotatable bonds is 5. The van der Waals surface area contributed by atoms with Crippen LogP contribution in [0.15, 0.2) is 48.0 Å². The van der Waals surface area contributed by atoms with Crippen molar-refractivity contribution in [2.24, 2.45) is 0 Å². The molecule has 1 aliphatic heterocycles. The molecule has 7 heteroatoms. The lowest BCUT2D eigenvalue weighted by molar-refractivity contribution is -0.117. The minimum atomic E-state index is -0.641. The first kappa shape index (κ1) is 18.4. The minimum Gasteiger partial charge on any atom is -0.340 e. The van der Waals surface area contributed by atoms with Crippen LogP contribution in [0.5, 0.6) is 0 Å². The van der Waals surface area contributed by atoms with Gasteiger partial charge in [0.2, 0.25) is 5.91 Å². The van der Waals surface area contributed by atoms with Crippen LogP contribution in [-0.4, -0.2) is 27.4 Å². The smallest absolute Gasteiger partial charge is 0.261 e. The molecule has 0 aliphatic carbocycles. The summed E-state index contributed by atoms with van der Waals surface area (Å²) in [5, 5.41) is 7.44. The zero-order valence-electron chi connectivity index (χ0n) is 15.6. The lowest BCUT2D eigenvalue weighted by atomic mass is 10.1. The number of anilines is 1. The summed E-state index contributed by atoms with van der Waals surface area (Å²) in [6, 6.07) is 10.6. The number of fused-ring (bicyclic) bond motifs is 1. The molecular weight excluding hydrogens is 372 g/mol. The first-order chi connectivity index (χ1) is 13.6. The molecule has 0 fully saturated rings. The van der Waals surface area contributed by atoms with Crippen molar-refractivity contribution in [2.75, 3.05) is 5.32 Å². The van der Waals surface area contributed by atoms with Crippen LogP contribution in [0.3, 0.4) is 0 Å². The first-order valence-electron chi connectivity index (χ1n) is 9.42. The van der Waals surface area contributed by atoms with Crippen LogP contribution in [-0.2, 0) is 17.8 Å². The molecule has 1 aromatic carbocycles. The number of carbonyl (C=O) groups excluding carboxylic acids is 2. The third kappa shape index (κ3) is 3.99. The highest BCUT2D eigenvalue weighted by Crippen LogP contribution is 2.25. The molecule has 3 aromatic rings. The van der Waals surface area contributed by atoms with Gasteiger partial charge in [-0.15, -0.1) is 11.3 Å². The molecule has 1 aliphatic rings. The van der Waals surface area contributed by atoms with E-state index in [9.17, 15) is 9.59 Å². The molecular formula is C21H22N4O2S. The van der Waals surface area contributed by atoms with Crippen molar-refractivity contribution in [3.8, 4) is 11.3 Å². The number of imidazole rings is 1. The highest BCUT2D eigenvalue weighted by molar-refractivity contribution is 7.12. The fourth-order valence-electron chi connectivity index (χ4n) is 3.30. The van der Waals surface area contributed by atoms with E-state index in [2.05, 4.69) is 21.4 Å². The maximum absolute atomic E-state index is 12.5. The molecule has 0 bridgehead atoms. The average molecular weight is 395 g/mol. The van der Waals surface area contributed by atoms with Crippen molar-refractivity contribution < 1.29 is 9.59 Å². The molecule has 1 atom stereocenters. The van der Waals surface area contributed by atoms with Gasteiger partial charge in [-0.2, -0.15) is 0 Å². The van der Waals surface area contributed by atoms with E-state index in [-0.39, 0.29) is 11.8 Å². The third-order valence-electron chi connectivity index (χ3n) is 4.82. The summed E-state index contributed by atoms with van der Waals surface area (Å²) >= 11 is 1.35. The van der Waals surface area contributed by atoms with Gasteiger partial charge in [0, 0.05) is 30.4 Å². The van der Waals surface area contributed by atoms with E-state index in [1.165, 1.54) is 24.2 Å². The predicted octanol–water partition coefficient (Wildman–Crippen LogP) is 3.70.